The van der Waals surface area contributed by atoms with Gasteiger partial charge >= 0.3 is 0 Å². The zero-order valence-electron chi connectivity index (χ0n) is 7.07. The number of aromatic nitrogens is 3. The van der Waals surface area contributed by atoms with Crippen LogP contribution in [0.2, 0.25) is 0 Å². The van der Waals surface area contributed by atoms with Crippen molar-refractivity contribution >= 4 is 5.82 Å². The summed E-state index contributed by atoms with van der Waals surface area (Å²) in [6, 6.07) is 5.85. The molecule has 0 saturated carbocycles. The molecule has 0 spiro atoms. The molecule has 66 valence electrons. The number of aromatic amines is 1. The van der Waals surface area contributed by atoms with Gasteiger partial charge in [-0.15, -0.1) is 0 Å². The van der Waals surface area contributed by atoms with Crippen LogP contribution < -0.4 is 5.32 Å². The molecule has 0 bridgehead atoms. The van der Waals surface area contributed by atoms with Crippen molar-refractivity contribution in [2.24, 2.45) is 0 Å². The molecule has 2 rings (SSSR count). The minimum atomic E-state index is 0.711. The molecule has 0 aromatic carbocycles. The molecule has 0 saturated heterocycles. The van der Waals surface area contributed by atoms with Gasteiger partial charge in [-0.25, -0.2) is 4.98 Å². The summed E-state index contributed by atoms with van der Waals surface area (Å²) in [6.45, 7) is 0.711. The third kappa shape index (κ3) is 2.05. The second kappa shape index (κ2) is 3.71. The smallest absolute Gasteiger partial charge is 0.123 e. The average Bonchev–Trinajstić information content (AvgIpc) is 2.69. The van der Waals surface area contributed by atoms with Gasteiger partial charge in [0, 0.05) is 6.20 Å². The number of pyridine rings is 1. The van der Waals surface area contributed by atoms with Crippen molar-refractivity contribution in [2.75, 3.05) is 5.32 Å². The van der Waals surface area contributed by atoms with Crippen LogP contribution in [0.25, 0.3) is 0 Å². The Balaban J connectivity index is 1.94. The van der Waals surface area contributed by atoms with Gasteiger partial charge in [-0.05, 0) is 12.1 Å². The predicted octanol–water partition coefficient (Wildman–Crippen LogP) is 1.42. The Morgan fingerprint density at radius 2 is 2.38 bits per heavy atom. The van der Waals surface area contributed by atoms with Gasteiger partial charge in [-0.1, -0.05) is 6.07 Å². The van der Waals surface area contributed by atoms with Crippen molar-refractivity contribution in [2.45, 2.75) is 6.54 Å². The SMILES string of the molecule is c1ccc(CNc2cnc[nH]2)nc1. The monoisotopic (exact) mass is 174 g/mol. The van der Waals surface area contributed by atoms with Crippen LogP contribution in [-0.2, 0) is 6.54 Å². The van der Waals surface area contributed by atoms with Crippen LogP contribution in [0.5, 0.6) is 0 Å². The Labute approximate surface area is 76.1 Å². The summed E-state index contributed by atoms with van der Waals surface area (Å²) < 4.78 is 0. The molecule has 0 aliphatic rings. The van der Waals surface area contributed by atoms with Crippen molar-refractivity contribution in [3.63, 3.8) is 0 Å². The van der Waals surface area contributed by atoms with Crippen LogP contribution in [0.3, 0.4) is 0 Å². The minimum absolute atomic E-state index is 0.711. The predicted molar refractivity (Wildman–Crippen MR) is 50.2 cm³/mol. The summed E-state index contributed by atoms with van der Waals surface area (Å²) >= 11 is 0. The van der Waals surface area contributed by atoms with Gasteiger partial charge in [-0.2, -0.15) is 0 Å². The van der Waals surface area contributed by atoms with Crippen LogP contribution in [0.4, 0.5) is 5.82 Å². The number of anilines is 1. The fraction of sp³-hybridized carbons (Fsp3) is 0.111. The lowest BCUT2D eigenvalue weighted by atomic mass is 10.3. The molecule has 0 unspecified atom stereocenters. The van der Waals surface area contributed by atoms with Gasteiger partial charge in [0.1, 0.15) is 5.82 Å². The molecular formula is C9H10N4. The minimum Gasteiger partial charge on any atom is -0.365 e. The Morgan fingerprint density at radius 1 is 1.38 bits per heavy atom. The summed E-state index contributed by atoms with van der Waals surface area (Å²) in [5, 5.41) is 3.16. The highest BCUT2D eigenvalue weighted by molar-refractivity contribution is 5.30. The molecule has 4 heteroatoms. The molecule has 0 atom stereocenters. The lowest BCUT2D eigenvalue weighted by molar-refractivity contribution is 1.03. The van der Waals surface area contributed by atoms with E-state index in [0.717, 1.165) is 11.5 Å². The summed E-state index contributed by atoms with van der Waals surface area (Å²) in [6.07, 6.45) is 5.16. The van der Waals surface area contributed by atoms with E-state index in [1.165, 1.54) is 0 Å². The van der Waals surface area contributed by atoms with Crippen molar-refractivity contribution in [1.82, 2.24) is 15.0 Å². The highest BCUT2D eigenvalue weighted by atomic mass is 15.0. The Hall–Kier alpha value is -1.84. The Kier molecular flexibility index (Phi) is 2.22. The van der Waals surface area contributed by atoms with E-state index in [-0.39, 0.29) is 0 Å². The first-order valence-electron chi connectivity index (χ1n) is 4.07. The third-order valence-electron chi connectivity index (χ3n) is 1.68. The first-order chi connectivity index (χ1) is 6.45. The Bertz CT molecular complexity index is 341. The van der Waals surface area contributed by atoms with Crippen molar-refractivity contribution < 1.29 is 0 Å². The van der Waals surface area contributed by atoms with E-state index in [9.17, 15) is 0 Å². The summed E-state index contributed by atoms with van der Waals surface area (Å²) in [4.78, 5) is 11.0. The van der Waals surface area contributed by atoms with E-state index in [1.54, 1.807) is 18.7 Å². The molecule has 2 aromatic heterocycles. The number of H-pyrrole nitrogens is 1. The lowest BCUT2D eigenvalue weighted by Gasteiger charge is -2.01. The normalized spacial score (nSPS) is 9.85. The highest BCUT2D eigenvalue weighted by Gasteiger charge is 1.93. The van der Waals surface area contributed by atoms with Gasteiger partial charge in [0.2, 0.25) is 0 Å². The quantitative estimate of drug-likeness (QED) is 0.739. The molecular weight excluding hydrogens is 164 g/mol. The van der Waals surface area contributed by atoms with Gasteiger partial charge < -0.3 is 10.3 Å². The van der Waals surface area contributed by atoms with Gasteiger partial charge in [0.25, 0.3) is 0 Å². The fourth-order valence-electron chi connectivity index (χ4n) is 1.04. The second-order valence-corrected chi connectivity index (χ2v) is 2.64. The maximum absolute atomic E-state index is 4.18. The summed E-state index contributed by atoms with van der Waals surface area (Å²) in [5.41, 5.74) is 1.01. The molecule has 4 nitrogen and oxygen atoms in total. The maximum Gasteiger partial charge on any atom is 0.123 e. The molecule has 0 amide bonds. The van der Waals surface area contributed by atoms with E-state index in [4.69, 9.17) is 0 Å². The number of imidazole rings is 1. The van der Waals surface area contributed by atoms with Crippen LogP contribution in [0.15, 0.2) is 36.9 Å². The fourth-order valence-corrected chi connectivity index (χ4v) is 1.04. The number of hydrogen-bond donors (Lipinski definition) is 2. The molecule has 2 aromatic rings. The summed E-state index contributed by atoms with van der Waals surface area (Å²) in [7, 11) is 0. The Morgan fingerprint density at radius 3 is 3.08 bits per heavy atom. The van der Waals surface area contributed by atoms with E-state index < -0.39 is 0 Å². The van der Waals surface area contributed by atoms with Crippen LogP contribution in [-0.4, -0.2) is 15.0 Å². The second-order valence-electron chi connectivity index (χ2n) is 2.64. The number of nitrogens with one attached hydrogen (secondary N) is 2. The molecule has 0 aliphatic heterocycles. The standard InChI is InChI=1S/C9H10N4/c1-2-4-11-8(3-1)5-12-9-6-10-7-13-9/h1-4,6-7,12H,5H2,(H,10,13). The summed E-state index contributed by atoms with van der Waals surface area (Å²) in [5.74, 6) is 0.908. The van der Waals surface area contributed by atoms with Crippen LogP contribution >= 0.6 is 0 Å². The van der Waals surface area contributed by atoms with Crippen LogP contribution in [0, 0.1) is 0 Å². The van der Waals surface area contributed by atoms with Gasteiger partial charge in [0.05, 0.1) is 24.8 Å². The van der Waals surface area contributed by atoms with Crippen LogP contribution in [0.1, 0.15) is 5.69 Å². The van der Waals surface area contributed by atoms with E-state index >= 15 is 0 Å². The van der Waals surface area contributed by atoms with Crippen molar-refractivity contribution in [3.05, 3.63) is 42.6 Å². The number of hydrogen-bond acceptors (Lipinski definition) is 3. The third-order valence-corrected chi connectivity index (χ3v) is 1.68. The largest absolute Gasteiger partial charge is 0.365 e. The van der Waals surface area contributed by atoms with E-state index in [2.05, 4.69) is 20.3 Å². The highest BCUT2D eigenvalue weighted by Crippen LogP contribution is 2.01. The van der Waals surface area contributed by atoms with E-state index in [0.29, 0.717) is 6.54 Å². The lowest BCUT2D eigenvalue weighted by Crippen LogP contribution is -2.00. The van der Waals surface area contributed by atoms with Gasteiger partial charge in [-0.3, -0.25) is 4.98 Å². The molecule has 2 N–H and O–H groups in total. The molecule has 2 heterocycles. The molecule has 0 aliphatic carbocycles. The number of rotatable bonds is 3. The average molecular weight is 174 g/mol. The van der Waals surface area contributed by atoms with Crippen molar-refractivity contribution in [1.29, 1.82) is 0 Å². The van der Waals surface area contributed by atoms with Gasteiger partial charge in [0.15, 0.2) is 0 Å². The molecule has 0 fully saturated rings. The van der Waals surface area contributed by atoms with Crippen molar-refractivity contribution in [3.8, 4) is 0 Å². The molecule has 13 heavy (non-hydrogen) atoms. The first kappa shape index (κ1) is 7.79. The topological polar surface area (TPSA) is 53.6 Å². The zero-order valence-corrected chi connectivity index (χ0v) is 7.07. The number of nitrogens with zero attached hydrogens (tertiary/aromatic N) is 2. The zero-order chi connectivity index (χ0) is 8.93. The first-order valence-corrected chi connectivity index (χ1v) is 4.07. The maximum atomic E-state index is 4.18. The van der Waals surface area contributed by atoms with E-state index in [1.807, 2.05) is 18.2 Å². The molecule has 0 radical (unpaired) electrons.